The van der Waals surface area contributed by atoms with Crippen molar-refractivity contribution in [3.63, 3.8) is 0 Å². The van der Waals surface area contributed by atoms with E-state index < -0.39 is 11.4 Å². The average Bonchev–Trinajstić information content (AvgIpc) is 3.01. The van der Waals surface area contributed by atoms with Crippen molar-refractivity contribution < 1.29 is 28.8 Å². The van der Waals surface area contributed by atoms with Crippen LogP contribution < -0.4 is 9.47 Å². The van der Waals surface area contributed by atoms with E-state index >= 15 is 0 Å². The maximum absolute atomic E-state index is 11.4. The Labute approximate surface area is 150 Å². The van der Waals surface area contributed by atoms with Crippen LogP contribution >= 0.6 is 15.9 Å². The smallest absolute Gasteiger partial charge is 0.195 e. The molecule has 0 bridgehead atoms. The van der Waals surface area contributed by atoms with Crippen LogP contribution in [-0.4, -0.2) is 51.0 Å². The van der Waals surface area contributed by atoms with Gasteiger partial charge in [-0.05, 0) is 28.9 Å². The highest BCUT2D eigenvalue weighted by Gasteiger charge is 2.56. The van der Waals surface area contributed by atoms with Crippen molar-refractivity contribution in [2.24, 2.45) is 0 Å². The molecule has 0 spiro atoms. The quantitative estimate of drug-likeness (QED) is 0.834. The van der Waals surface area contributed by atoms with E-state index in [9.17, 15) is 5.11 Å². The molecule has 1 aromatic carbocycles. The SMILES string of the molecule is COc1cc(Br)c(OC)c2c1[C@@H](OC)C[C@](O)(C1(C)OCCO1)C2. The van der Waals surface area contributed by atoms with Gasteiger partial charge in [-0.25, -0.2) is 0 Å². The van der Waals surface area contributed by atoms with Gasteiger partial charge in [-0.3, -0.25) is 0 Å². The van der Waals surface area contributed by atoms with Crippen molar-refractivity contribution in [2.45, 2.75) is 37.3 Å². The molecular weight excluding hydrogens is 380 g/mol. The molecule has 1 saturated heterocycles. The summed E-state index contributed by atoms with van der Waals surface area (Å²) in [5, 5.41) is 11.4. The summed E-state index contributed by atoms with van der Waals surface area (Å²) in [4.78, 5) is 0. The summed E-state index contributed by atoms with van der Waals surface area (Å²) < 4.78 is 29.0. The number of rotatable bonds is 4. The Morgan fingerprint density at radius 3 is 2.42 bits per heavy atom. The first-order valence-electron chi connectivity index (χ1n) is 7.85. The molecule has 1 aliphatic carbocycles. The molecule has 6 nitrogen and oxygen atoms in total. The van der Waals surface area contributed by atoms with E-state index in [0.29, 0.717) is 37.6 Å². The molecule has 1 heterocycles. The second kappa shape index (κ2) is 6.46. The van der Waals surface area contributed by atoms with Crippen LogP contribution in [0, 0.1) is 0 Å². The molecule has 3 rings (SSSR count). The minimum absolute atomic E-state index is 0.317. The number of fused-ring (bicyclic) bond motifs is 1. The van der Waals surface area contributed by atoms with Gasteiger partial charge in [0.15, 0.2) is 5.79 Å². The molecule has 2 aliphatic rings. The van der Waals surface area contributed by atoms with Crippen molar-refractivity contribution in [1.82, 2.24) is 0 Å². The molecule has 2 atom stereocenters. The Morgan fingerprint density at radius 2 is 1.88 bits per heavy atom. The van der Waals surface area contributed by atoms with Crippen molar-refractivity contribution in [3.8, 4) is 11.5 Å². The lowest BCUT2D eigenvalue weighted by Crippen LogP contribution is -2.57. The van der Waals surface area contributed by atoms with Crippen LogP contribution in [0.2, 0.25) is 0 Å². The number of aliphatic hydroxyl groups is 1. The predicted octanol–water partition coefficient (Wildman–Crippen LogP) is 2.59. The lowest BCUT2D eigenvalue weighted by Gasteiger charge is -2.46. The molecule has 1 fully saturated rings. The first-order valence-corrected chi connectivity index (χ1v) is 8.64. The van der Waals surface area contributed by atoms with Gasteiger partial charge in [0, 0.05) is 31.1 Å². The van der Waals surface area contributed by atoms with Crippen LogP contribution in [0.5, 0.6) is 11.5 Å². The summed E-state index contributed by atoms with van der Waals surface area (Å²) in [5.41, 5.74) is 0.493. The summed E-state index contributed by atoms with van der Waals surface area (Å²) in [5.74, 6) is 0.278. The number of hydrogen-bond acceptors (Lipinski definition) is 6. The average molecular weight is 403 g/mol. The van der Waals surface area contributed by atoms with E-state index in [4.69, 9.17) is 23.7 Å². The molecule has 0 unspecified atom stereocenters. The van der Waals surface area contributed by atoms with Gasteiger partial charge in [0.05, 0.1) is 38.0 Å². The largest absolute Gasteiger partial charge is 0.496 e. The molecule has 134 valence electrons. The minimum atomic E-state index is -1.24. The zero-order valence-electron chi connectivity index (χ0n) is 14.3. The number of ether oxygens (including phenoxy) is 5. The number of methoxy groups -OCH3 is 3. The summed E-state index contributed by atoms with van der Waals surface area (Å²) in [6, 6.07) is 1.86. The highest BCUT2D eigenvalue weighted by molar-refractivity contribution is 9.10. The molecule has 0 saturated carbocycles. The van der Waals surface area contributed by atoms with E-state index in [2.05, 4.69) is 15.9 Å². The second-order valence-corrected chi connectivity index (χ2v) is 7.12. The molecule has 1 aromatic rings. The van der Waals surface area contributed by atoms with Crippen LogP contribution in [0.25, 0.3) is 0 Å². The maximum atomic E-state index is 11.4. The molecular formula is C17H23BrO6. The van der Waals surface area contributed by atoms with Crippen LogP contribution in [0.3, 0.4) is 0 Å². The Kier molecular flexibility index (Phi) is 4.83. The van der Waals surface area contributed by atoms with Gasteiger partial charge < -0.3 is 28.8 Å². The summed E-state index contributed by atoms with van der Waals surface area (Å²) in [7, 11) is 4.84. The first kappa shape index (κ1) is 17.9. The number of benzene rings is 1. The molecule has 1 N–H and O–H groups in total. The van der Waals surface area contributed by atoms with E-state index in [1.165, 1.54) is 0 Å². The first-order chi connectivity index (χ1) is 11.4. The topological polar surface area (TPSA) is 66.4 Å². The molecule has 0 amide bonds. The molecule has 24 heavy (non-hydrogen) atoms. The Hall–Kier alpha value is -0.860. The van der Waals surface area contributed by atoms with Crippen LogP contribution in [0.4, 0.5) is 0 Å². The van der Waals surface area contributed by atoms with Crippen LogP contribution in [0.15, 0.2) is 10.5 Å². The van der Waals surface area contributed by atoms with Gasteiger partial charge >= 0.3 is 0 Å². The number of hydrogen-bond donors (Lipinski definition) is 1. The van der Waals surface area contributed by atoms with Gasteiger partial charge in [-0.1, -0.05) is 0 Å². The molecule has 0 radical (unpaired) electrons. The van der Waals surface area contributed by atoms with Crippen molar-refractivity contribution in [2.75, 3.05) is 34.5 Å². The van der Waals surface area contributed by atoms with Gasteiger partial charge in [-0.15, -0.1) is 0 Å². The third-order valence-corrected chi connectivity index (χ3v) is 5.63. The monoisotopic (exact) mass is 402 g/mol. The Bertz CT molecular complexity index is 628. The zero-order chi connectivity index (χ0) is 17.5. The fourth-order valence-electron chi connectivity index (χ4n) is 3.70. The molecule has 1 aliphatic heterocycles. The summed E-state index contributed by atoms with van der Waals surface area (Å²) >= 11 is 3.51. The van der Waals surface area contributed by atoms with E-state index in [1.54, 1.807) is 28.3 Å². The van der Waals surface area contributed by atoms with Crippen LogP contribution in [0.1, 0.15) is 30.6 Å². The predicted molar refractivity (Wildman–Crippen MR) is 90.6 cm³/mol. The highest BCUT2D eigenvalue weighted by atomic mass is 79.9. The summed E-state index contributed by atoms with van der Waals surface area (Å²) in [6.07, 6.45) is 0.298. The van der Waals surface area contributed by atoms with Gasteiger partial charge in [0.1, 0.15) is 17.1 Å². The van der Waals surface area contributed by atoms with Crippen LogP contribution in [-0.2, 0) is 20.6 Å². The highest BCUT2D eigenvalue weighted by Crippen LogP contribution is 2.52. The van der Waals surface area contributed by atoms with Gasteiger partial charge in [0.25, 0.3) is 0 Å². The lowest BCUT2D eigenvalue weighted by atomic mass is 9.73. The Morgan fingerprint density at radius 1 is 1.21 bits per heavy atom. The Balaban J connectivity index is 2.16. The van der Waals surface area contributed by atoms with E-state index in [-0.39, 0.29) is 6.10 Å². The van der Waals surface area contributed by atoms with Crippen molar-refractivity contribution >= 4 is 15.9 Å². The molecule has 0 aromatic heterocycles. The third kappa shape index (κ3) is 2.63. The standard InChI is InChI=1S/C17H23BrO6/c1-16(23-5-6-24-16)17(19)8-10-14(13(9-17)21-3)12(20-2)7-11(18)15(10)22-4/h7,13,19H,5-6,8-9H2,1-4H3/t13-,17-/m0/s1. The normalized spacial score (nSPS) is 28.5. The summed E-state index contributed by atoms with van der Waals surface area (Å²) in [6.45, 7) is 2.70. The van der Waals surface area contributed by atoms with E-state index in [1.807, 2.05) is 6.07 Å². The fourth-order valence-corrected chi connectivity index (χ4v) is 4.30. The van der Waals surface area contributed by atoms with E-state index in [0.717, 1.165) is 15.6 Å². The molecule has 7 heteroatoms. The zero-order valence-corrected chi connectivity index (χ0v) is 15.9. The van der Waals surface area contributed by atoms with Crippen molar-refractivity contribution in [1.29, 1.82) is 0 Å². The maximum Gasteiger partial charge on any atom is 0.195 e. The lowest BCUT2D eigenvalue weighted by molar-refractivity contribution is -0.270. The van der Waals surface area contributed by atoms with Crippen molar-refractivity contribution in [3.05, 3.63) is 21.7 Å². The van der Waals surface area contributed by atoms with Gasteiger partial charge in [-0.2, -0.15) is 0 Å². The third-order valence-electron chi connectivity index (χ3n) is 5.05. The minimum Gasteiger partial charge on any atom is -0.496 e. The second-order valence-electron chi connectivity index (χ2n) is 6.27. The fraction of sp³-hybridized carbons (Fsp3) is 0.647. The number of halogens is 1. The van der Waals surface area contributed by atoms with Gasteiger partial charge in [0.2, 0.25) is 0 Å².